The fourth-order valence-corrected chi connectivity index (χ4v) is 2.26. The molecule has 2 rings (SSSR count). The van der Waals surface area contributed by atoms with E-state index in [1.807, 2.05) is 0 Å². The van der Waals surface area contributed by atoms with E-state index in [2.05, 4.69) is 10.3 Å². The molecule has 23 heavy (non-hydrogen) atoms. The van der Waals surface area contributed by atoms with Gasteiger partial charge in [-0.05, 0) is 12.0 Å². The van der Waals surface area contributed by atoms with Crippen LogP contribution in [0.2, 0.25) is 0 Å². The van der Waals surface area contributed by atoms with Gasteiger partial charge in [0.2, 0.25) is 11.2 Å². The van der Waals surface area contributed by atoms with Crippen molar-refractivity contribution in [2.24, 2.45) is 5.92 Å². The van der Waals surface area contributed by atoms with Crippen LogP contribution in [0.1, 0.15) is 30.0 Å². The number of esters is 1. The monoisotopic (exact) mass is 317 g/mol. The number of benzene rings is 1. The van der Waals surface area contributed by atoms with Crippen molar-refractivity contribution in [3.8, 4) is 0 Å². The first-order chi connectivity index (χ1) is 10.9. The minimum Gasteiger partial charge on any atom is -0.618 e. The molecule has 122 valence electrons. The molecule has 0 saturated heterocycles. The summed E-state index contributed by atoms with van der Waals surface area (Å²) < 4.78 is 5.36. The van der Waals surface area contributed by atoms with Gasteiger partial charge in [-0.25, -0.2) is 9.78 Å². The van der Waals surface area contributed by atoms with Crippen LogP contribution in [0.4, 0.5) is 0 Å². The SMILES string of the molecule is COC(=O)[C@@H](NC(=O)c1nc2ccccc2[n+]([O-])c1C)C(C)C. The van der Waals surface area contributed by atoms with E-state index in [1.54, 1.807) is 38.1 Å². The van der Waals surface area contributed by atoms with Gasteiger partial charge >= 0.3 is 5.97 Å². The lowest BCUT2D eigenvalue weighted by Crippen LogP contribution is -2.46. The number of hydrogen-bond acceptors (Lipinski definition) is 5. The average Bonchev–Trinajstić information content (AvgIpc) is 2.54. The molecule has 0 aliphatic rings. The summed E-state index contributed by atoms with van der Waals surface area (Å²) in [7, 11) is 1.26. The van der Waals surface area contributed by atoms with Gasteiger partial charge < -0.3 is 15.3 Å². The lowest BCUT2D eigenvalue weighted by molar-refractivity contribution is -0.584. The fourth-order valence-electron chi connectivity index (χ4n) is 2.26. The Morgan fingerprint density at radius 3 is 2.57 bits per heavy atom. The number of para-hydroxylation sites is 2. The molecule has 1 aromatic heterocycles. The number of aromatic nitrogens is 2. The van der Waals surface area contributed by atoms with E-state index in [-0.39, 0.29) is 17.3 Å². The molecule has 1 N–H and O–H groups in total. The van der Waals surface area contributed by atoms with Gasteiger partial charge in [-0.15, -0.1) is 0 Å². The molecule has 1 aromatic carbocycles. The van der Waals surface area contributed by atoms with Crippen molar-refractivity contribution in [2.75, 3.05) is 7.11 Å². The summed E-state index contributed by atoms with van der Waals surface area (Å²) in [5, 5.41) is 14.9. The standard InChI is InChI=1S/C16H19N3O4/c1-9(2)13(16(21)23-4)18-15(20)14-10(3)19(22)12-8-6-5-7-11(12)17-14/h5-9,13H,1-4H3,(H,18,20)/t13-/m0/s1. The molecule has 1 atom stereocenters. The van der Waals surface area contributed by atoms with Crippen LogP contribution in [-0.4, -0.2) is 30.0 Å². The van der Waals surface area contributed by atoms with E-state index in [9.17, 15) is 14.8 Å². The number of carbonyl (C=O) groups is 2. The predicted molar refractivity (Wildman–Crippen MR) is 83.5 cm³/mol. The van der Waals surface area contributed by atoms with Gasteiger partial charge in [-0.2, -0.15) is 4.73 Å². The lowest BCUT2D eigenvalue weighted by atomic mass is 10.0. The minimum absolute atomic E-state index is 0.00625. The Kier molecular flexibility index (Phi) is 4.78. The van der Waals surface area contributed by atoms with Crippen molar-refractivity contribution in [2.45, 2.75) is 26.8 Å². The third-order valence-corrected chi connectivity index (χ3v) is 3.60. The van der Waals surface area contributed by atoms with Gasteiger partial charge in [0, 0.05) is 13.0 Å². The van der Waals surface area contributed by atoms with Crippen molar-refractivity contribution in [3.63, 3.8) is 0 Å². The lowest BCUT2D eigenvalue weighted by Gasteiger charge is -2.19. The van der Waals surface area contributed by atoms with E-state index in [4.69, 9.17) is 4.74 Å². The highest BCUT2D eigenvalue weighted by Crippen LogP contribution is 2.12. The van der Waals surface area contributed by atoms with Gasteiger partial charge in [0.15, 0.2) is 5.69 Å². The minimum atomic E-state index is -0.805. The smallest absolute Gasteiger partial charge is 0.328 e. The summed E-state index contributed by atoms with van der Waals surface area (Å²) in [6, 6.07) is 5.94. The zero-order valence-corrected chi connectivity index (χ0v) is 13.5. The van der Waals surface area contributed by atoms with Crippen LogP contribution in [0.3, 0.4) is 0 Å². The van der Waals surface area contributed by atoms with E-state index < -0.39 is 17.9 Å². The predicted octanol–water partition coefficient (Wildman–Crippen LogP) is 1.10. The van der Waals surface area contributed by atoms with Crippen LogP contribution in [0, 0.1) is 18.0 Å². The number of amides is 1. The Morgan fingerprint density at radius 1 is 1.30 bits per heavy atom. The Hall–Kier alpha value is -2.70. The van der Waals surface area contributed by atoms with Crippen molar-refractivity contribution in [3.05, 3.63) is 40.9 Å². The Labute approximate surface area is 133 Å². The summed E-state index contributed by atoms with van der Waals surface area (Å²) in [6.45, 7) is 5.09. The maximum atomic E-state index is 12.5. The summed E-state index contributed by atoms with van der Waals surface area (Å²) in [4.78, 5) is 28.5. The molecular formula is C16H19N3O4. The first-order valence-electron chi connectivity index (χ1n) is 7.24. The maximum Gasteiger partial charge on any atom is 0.328 e. The third kappa shape index (κ3) is 3.23. The van der Waals surface area contributed by atoms with Crippen LogP contribution >= 0.6 is 0 Å². The molecule has 0 bridgehead atoms. The van der Waals surface area contributed by atoms with Gasteiger partial charge in [-0.1, -0.05) is 26.0 Å². The second-order valence-corrected chi connectivity index (χ2v) is 5.55. The van der Waals surface area contributed by atoms with Crippen LogP contribution in [-0.2, 0) is 9.53 Å². The Morgan fingerprint density at radius 2 is 1.96 bits per heavy atom. The maximum absolute atomic E-state index is 12.5. The number of hydrogen-bond donors (Lipinski definition) is 1. The molecule has 0 unspecified atom stereocenters. The Balaban J connectivity index is 2.41. The summed E-state index contributed by atoms with van der Waals surface area (Å²) >= 11 is 0. The van der Waals surface area contributed by atoms with Crippen LogP contribution in [0.25, 0.3) is 11.0 Å². The molecule has 7 nitrogen and oxygen atoms in total. The third-order valence-electron chi connectivity index (χ3n) is 3.60. The van der Waals surface area contributed by atoms with Crippen LogP contribution in [0.5, 0.6) is 0 Å². The van der Waals surface area contributed by atoms with Gasteiger partial charge in [0.05, 0.1) is 7.11 Å². The Bertz CT molecular complexity index is 758. The molecular weight excluding hydrogens is 298 g/mol. The largest absolute Gasteiger partial charge is 0.618 e. The number of nitrogens with one attached hydrogen (secondary N) is 1. The van der Waals surface area contributed by atoms with Gasteiger partial charge in [-0.3, -0.25) is 4.79 Å². The number of fused-ring (bicyclic) bond motifs is 1. The van der Waals surface area contributed by atoms with Crippen molar-refractivity contribution < 1.29 is 19.1 Å². The number of carbonyl (C=O) groups excluding carboxylic acids is 2. The molecule has 0 spiro atoms. The second kappa shape index (κ2) is 6.60. The van der Waals surface area contributed by atoms with E-state index in [1.165, 1.54) is 14.0 Å². The van der Waals surface area contributed by atoms with Gasteiger partial charge in [0.1, 0.15) is 11.6 Å². The zero-order chi connectivity index (χ0) is 17.1. The molecule has 0 saturated carbocycles. The van der Waals surface area contributed by atoms with E-state index in [0.29, 0.717) is 15.8 Å². The highest BCUT2D eigenvalue weighted by atomic mass is 16.5. The summed E-state index contributed by atoms with van der Waals surface area (Å²) in [5.74, 6) is -1.28. The normalized spacial score (nSPS) is 12.2. The topological polar surface area (TPSA) is 95.2 Å². The van der Waals surface area contributed by atoms with Crippen molar-refractivity contribution in [1.29, 1.82) is 0 Å². The summed E-state index contributed by atoms with van der Waals surface area (Å²) in [6.07, 6.45) is 0. The van der Waals surface area contributed by atoms with Crippen molar-refractivity contribution >= 4 is 22.9 Å². The van der Waals surface area contributed by atoms with Crippen molar-refractivity contribution in [1.82, 2.24) is 10.3 Å². The molecule has 2 aromatic rings. The number of methoxy groups -OCH3 is 1. The molecule has 1 amide bonds. The first-order valence-corrected chi connectivity index (χ1v) is 7.24. The summed E-state index contributed by atoms with van der Waals surface area (Å²) in [5.41, 5.74) is 0.967. The van der Waals surface area contributed by atoms with Gasteiger partial charge in [0.25, 0.3) is 5.91 Å². The second-order valence-electron chi connectivity index (χ2n) is 5.55. The van der Waals surface area contributed by atoms with Crippen LogP contribution < -0.4 is 10.0 Å². The fraction of sp³-hybridized carbons (Fsp3) is 0.375. The highest BCUT2D eigenvalue weighted by molar-refractivity contribution is 5.96. The number of rotatable bonds is 4. The zero-order valence-electron chi connectivity index (χ0n) is 13.5. The molecule has 0 radical (unpaired) electrons. The highest BCUT2D eigenvalue weighted by Gasteiger charge is 2.28. The quantitative estimate of drug-likeness (QED) is 0.517. The number of ether oxygens (including phenoxy) is 1. The molecule has 0 fully saturated rings. The molecule has 0 aliphatic heterocycles. The molecule has 1 heterocycles. The molecule has 7 heteroatoms. The average molecular weight is 317 g/mol. The van der Waals surface area contributed by atoms with E-state index in [0.717, 1.165) is 0 Å². The van der Waals surface area contributed by atoms with E-state index >= 15 is 0 Å². The van der Waals surface area contributed by atoms with Crippen LogP contribution in [0.15, 0.2) is 24.3 Å². The number of nitrogens with zero attached hydrogens (tertiary/aromatic N) is 2. The molecule has 0 aliphatic carbocycles. The first kappa shape index (κ1) is 16.7.